The van der Waals surface area contributed by atoms with E-state index in [1.807, 2.05) is 6.92 Å². The minimum Gasteiger partial charge on any atom is -0.322 e. The van der Waals surface area contributed by atoms with Gasteiger partial charge in [0.2, 0.25) is 0 Å². The van der Waals surface area contributed by atoms with E-state index in [9.17, 15) is 18.8 Å². The zero-order valence-electron chi connectivity index (χ0n) is 15.0. The van der Waals surface area contributed by atoms with Crippen LogP contribution in [0.5, 0.6) is 0 Å². The van der Waals surface area contributed by atoms with E-state index in [4.69, 9.17) is 11.6 Å². The first-order valence-corrected chi connectivity index (χ1v) is 8.69. The van der Waals surface area contributed by atoms with Crippen LogP contribution < -0.4 is 16.6 Å². The number of hydrogen-bond donors (Lipinski definition) is 1. The fourth-order valence-electron chi connectivity index (χ4n) is 3.05. The minimum absolute atomic E-state index is 0.113. The van der Waals surface area contributed by atoms with E-state index in [0.29, 0.717) is 24.3 Å². The van der Waals surface area contributed by atoms with Crippen LogP contribution in [0.1, 0.15) is 23.8 Å². The molecule has 27 heavy (non-hydrogen) atoms. The van der Waals surface area contributed by atoms with Crippen molar-refractivity contribution in [3.05, 3.63) is 61.6 Å². The summed E-state index contributed by atoms with van der Waals surface area (Å²) in [6.45, 7) is 2.36. The van der Waals surface area contributed by atoms with Crippen LogP contribution >= 0.6 is 11.6 Å². The average molecular weight is 393 g/mol. The van der Waals surface area contributed by atoms with Gasteiger partial charge in [0.15, 0.2) is 0 Å². The topological polar surface area (TPSA) is 78.0 Å². The quantitative estimate of drug-likeness (QED) is 0.741. The van der Waals surface area contributed by atoms with Crippen LogP contribution in [0.4, 0.5) is 10.1 Å². The predicted octanol–water partition coefficient (Wildman–Crippen LogP) is 2.49. The first-order valence-electron chi connectivity index (χ1n) is 8.32. The SMILES string of the molecule is CCCn1c(C(=O)Nc2ccc(F)c(Cl)c2)cc2c(=O)n(C)c(=O)n(C)c21. The molecule has 1 aromatic carbocycles. The van der Waals surface area contributed by atoms with Gasteiger partial charge in [-0.1, -0.05) is 18.5 Å². The van der Waals surface area contributed by atoms with Crippen molar-refractivity contribution in [1.82, 2.24) is 13.7 Å². The Kier molecular flexibility index (Phi) is 4.93. The molecule has 2 aromatic heterocycles. The molecule has 142 valence electrons. The Bertz CT molecular complexity index is 1180. The van der Waals surface area contributed by atoms with Gasteiger partial charge in [0.1, 0.15) is 17.2 Å². The van der Waals surface area contributed by atoms with Gasteiger partial charge < -0.3 is 9.88 Å². The zero-order valence-corrected chi connectivity index (χ0v) is 15.8. The van der Waals surface area contributed by atoms with Gasteiger partial charge in [-0.2, -0.15) is 0 Å². The molecular weight excluding hydrogens is 375 g/mol. The van der Waals surface area contributed by atoms with Gasteiger partial charge in [-0.25, -0.2) is 9.18 Å². The molecule has 0 atom stereocenters. The van der Waals surface area contributed by atoms with Crippen molar-refractivity contribution in [2.45, 2.75) is 19.9 Å². The highest BCUT2D eigenvalue weighted by molar-refractivity contribution is 6.31. The fraction of sp³-hybridized carbons (Fsp3) is 0.278. The van der Waals surface area contributed by atoms with E-state index in [1.54, 1.807) is 11.6 Å². The summed E-state index contributed by atoms with van der Waals surface area (Å²) in [5.41, 5.74) is -0.0126. The third-order valence-corrected chi connectivity index (χ3v) is 4.64. The molecule has 3 aromatic rings. The molecule has 0 aliphatic carbocycles. The monoisotopic (exact) mass is 392 g/mol. The molecule has 0 radical (unpaired) electrons. The van der Waals surface area contributed by atoms with Gasteiger partial charge in [0, 0.05) is 26.3 Å². The summed E-state index contributed by atoms with van der Waals surface area (Å²) in [6, 6.07) is 5.31. The van der Waals surface area contributed by atoms with Crippen molar-refractivity contribution < 1.29 is 9.18 Å². The van der Waals surface area contributed by atoms with Gasteiger partial charge in [0.25, 0.3) is 11.5 Å². The number of aryl methyl sites for hydroxylation is 2. The molecule has 0 fully saturated rings. The lowest BCUT2D eigenvalue weighted by molar-refractivity contribution is 0.101. The summed E-state index contributed by atoms with van der Waals surface area (Å²) in [6.07, 6.45) is 0.690. The van der Waals surface area contributed by atoms with Crippen LogP contribution in [0.2, 0.25) is 5.02 Å². The van der Waals surface area contributed by atoms with Crippen LogP contribution in [-0.4, -0.2) is 19.6 Å². The molecule has 0 spiro atoms. The van der Waals surface area contributed by atoms with E-state index in [0.717, 1.165) is 10.6 Å². The number of halogens is 2. The molecule has 0 aliphatic rings. The molecule has 7 nitrogen and oxygen atoms in total. The molecule has 3 rings (SSSR count). The second kappa shape index (κ2) is 7.03. The summed E-state index contributed by atoms with van der Waals surface area (Å²) in [5, 5.41) is 2.81. The van der Waals surface area contributed by atoms with Gasteiger partial charge in [-0.05, 0) is 30.7 Å². The van der Waals surface area contributed by atoms with Crippen LogP contribution in [0.25, 0.3) is 11.0 Å². The number of carbonyl (C=O) groups excluding carboxylic acids is 1. The number of carbonyl (C=O) groups is 1. The molecule has 0 saturated carbocycles. The number of nitrogens with one attached hydrogen (secondary N) is 1. The third kappa shape index (κ3) is 3.16. The van der Waals surface area contributed by atoms with Crippen molar-refractivity contribution in [3.8, 4) is 0 Å². The average Bonchev–Trinajstić information content (AvgIpc) is 3.01. The van der Waals surface area contributed by atoms with Crippen LogP contribution in [-0.2, 0) is 20.6 Å². The van der Waals surface area contributed by atoms with Crippen molar-refractivity contribution in [2.24, 2.45) is 14.1 Å². The predicted molar refractivity (Wildman–Crippen MR) is 102 cm³/mol. The molecule has 0 saturated heterocycles. The smallest absolute Gasteiger partial charge is 0.322 e. The molecule has 9 heteroatoms. The van der Waals surface area contributed by atoms with Gasteiger partial charge in [-0.3, -0.25) is 18.7 Å². The van der Waals surface area contributed by atoms with Crippen molar-refractivity contribution in [2.75, 3.05) is 5.32 Å². The number of aromatic nitrogens is 3. The number of nitrogens with zero attached hydrogens (tertiary/aromatic N) is 3. The number of fused-ring (bicyclic) bond motifs is 1. The van der Waals surface area contributed by atoms with Crippen LogP contribution in [0.3, 0.4) is 0 Å². The molecule has 0 aliphatic heterocycles. The Morgan fingerprint density at radius 1 is 1.19 bits per heavy atom. The lowest BCUT2D eigenvalue weighted by Crippen LogP contribution is -2.37. The third-order valence-electron chi connectivity index (χ3n) is 4.35. The zero-order chi connectivity index (χ0) is 19.9. The summed E-state index contributed by atoms with van der Waals surface area (Å²) in [5.74, 6) is -1.08. The Balaban J connectivity index is 2.17. The number of benzene rings is 1. The molecule has 0 unspecified atom stereocenters. The summed E-state index contributed by atoms with van der Waals surface area (Å²) in [4.78, 5) is 37.5. The Labute approximate surface area is 158 Å². The second-order valence-electron chi connectivity index (χ2n) is 6.21. The van der Waals surface area contributed by atoms with Crippen molar-refractivity contribution >= 4 is 34.2 Å². The van der Waals surface area contributed by atoms with Gasteiger partial charge in [0.05, 0.1) is 10.4 Å². The molecule has 2 heterocycles. The standard InChI is InChI=1S/C18H18ClFN4O3/c1-4-7-24-14(15(25)21-10-5-6-13(20)12(19)8-10)9-11-16(24)22(2)18(27)23(3)17(11)26/h5-6,8-9H,4,7H2,1-3H3,(H,21,25). The molecule has 0 bridgehead atoms. The van der Waals surface area contributed by atoms with Crippen LogP contribution in [0.15, 0.2) is 33.9 Å². The summed E-state index contributed by atoms with van der Waals surface area (Å²) < 4.78 is 17.3. The van der Waals surface area contributed by atoms with E-state index < -0.39 is 23.0 Å². The van der Waals surface area contributed by atoms with E-state index >= 15 is 0 Å². The lowest BCUT2D eigenvalue weighted by atomic mass is 10.3. The summed E-state index contributed by atoms with van der Waals surface area (Å²) in [7, 11) is 2.94. The van der Waals surface area contributed by atoms with Crippen molar-refractivity contribution in [3.63, 3.8) is 0 Å². The molecular formula is C18H18ClFN4O3. The first-order chi connectivity index (χ1) is 12.8. The largest absolute Gasteiger partial charge is 0.332 e. The highest BCUT2D eigenvalue weighted by atomic mass is 35.5. The maximum atomic E-state index is 13.3. The molecule has 1 N–H and O–H groups in total. The highest BCUT2D eigenvalue weighted by Crippen LogP contribution is 2.21. The number of amides is 1. The summed E-state index contributed by atoms with van der Waals surface area (Å²) >= 11 is 5.75. The lowest BCUT2D eigenvalue weighted by Gasteiger charge is -2.12. The van der Waals surface area contributed by atoms with Gasteiger partial charge in [-0.15, -0.1) is 0 Å². The Morgan fingerprint density at radius 3 is 2.52 bits per heavy atom. The van der Waals surface area contributed by atoms with Crippen LogP contribution in [0, 0.1) is 5.82 Å². The number of hydrogen-bond acceptors (Lipinski definition) is 3. The normalized spacial score (nSPS) is 11.1. The maximum Gasteiger partial charge on any atom is 0.332 e. The van der Waals surface area contributed by atoms with E-state index in [2.05, 4.69) is 5.32 Å². The second-order valence-corrected chi connectivity index (χ2v) is 6.61. The minimum atomic E-state index is -0.590. The Morgan fingerprint density at radius 2 is 1.89 bits per heavy atom. The maximum absolute atomic E-state index is 13.3. The number of rotatable bonds is 4. The van der Waals surface area contributed by atoms with Gasteiger partial charge >= 0.3 is 5.69 Å². The number of anilines is 1. The molecule has 1 amide bonds. The first kappa shape index (κ1) is 18.9. The van der Waals surface area contributed by atoms with Crippen molar-refractivity contribution in [1.29, 1.82) is 0 Å². The fourth-order valence-corrected chi connectivity index (χ4v) is 3.23. The van der Waals surface area contributed by atoms with E-state index in [1.165, 1.54) is 29.8 Å². The Hall–Kier alpha value is -2.87. The highest BCUT2D eigenvalue weighted by Gasteiger charge is 2.21. The van der Waals surface area contributed by atoms with E-state index in [-0.39, 0.29) is 16.1 Å².